The number of benzene rings is 2. The second kappa shape index (κ2) is 11.1. The number of fused-ring (bicyclic) bond motifs is 2. The summed E-state index contributed by atoms with van der Waals surface area (Å²) in [4.78, 5) is 28.4. The van der Waals surface area contributed by atoms with Gasteiger partial charge in [-0.05, 0) is 103 Å². The summed E-state index contributed by atoms with van der Waals surface area (Å²) >= 11 is 0. The topological polar surface area (TPSA) is 49.9 Å². The molecule has 0 aromatic heterocycles. The number of hydrogen-bond donors (Lipinski definition) is 0. The number of rotatable bonds is 7. The van der Waals surface area contributed by atoms with E-state index in [9.17, 15) is 6.17 Å². The number of ether oxygens (including phenoxy) is 1. The highest BCUT2D eigenvalue weighted by molar-refractivity contribution is 5.97. The normalized spacial score (nSPS) is 39.6. The van der Waals surface area contributed by atoms with Crippen molar-refractivity contribution in [3.05, 3.63) is 83.4 Å². The number of hydrazine groups is 1. The number of nitrogens with zero attached hydrogens (tertiary/aromatic N) is 2. The molecule has 3 saturated carbocycles. The minimum Gasteiger partial charge on any atom is -0.459 e. The summed E-state index contributed by atoms with van der Waals surface area (Å²) in [6.45, 7) is 12.8. The fourth-order valence-corrected chi connectivity index (χ4v) is 12.3. The molecule has 9 rings (SSSR count). The van der Waals surface area contributed by atoms with Crippen LogP contribution in [0.4, 0.5) is 0 Å². The molecule has 2 unspecified atom stereocenters. The van der Waals surface area contributed by atoms with Gasteiger partial charge in [0.1, 0.15) is 6.10 Å². The highest BCUT2D eigenvalue weighted by Crippen LogP contribution is 2.74. The van der Waals surface area contributed by atoms with Crippen LogP contribution in [0.1, 0.15) is 126 Å². The first-order chi connectivity index (χ1) is 23.0. The Balaban J connectivity index is 1.23. The fourth-order valence-electron chi connectivity index (χ4n) is 12.3. The lowest BCUT2D eigenvalue weighted by Crippen LogP contribution is -2.86. The minimum absolute atomic E-state index is 0.0576. The van der Waals surface area contributed by atoms with Crippen LogP contribution in [-0.4, -0.2) is 39.1 Å². The van der Waals surface area contributed by atoms with Gasteiger partial charge in [0.05, 0.1) is 18.0 Å². The molecule has 47 heavy (non-hydrogen) atoms. The largest absolute Gasteiger partial charge is 0.459 e. The molecule has 5 heteroatoms. The number of esters is 1. The van der Waals surface area contributed by atoms with Gasteiger partial charge in [0.25, 0.3) is 5.91 Å². The Bertz CT molecular complexity index is 1640. The third-order valence-electron chi connectivity index (χ3n) is 14.5. The Morgan fingerprint density at radius 1 is 0.957 bits per heavy atom. The zero-order valence-electron chi connectivity index (χ0n) is 30.1. The van der Waals surface area contributed by atoms with Crippen LogP contribution in [0.5, 0.6) is 0 Å². The lowest BCUT2D eigenvalue weighted by molar-refractivity contribution is -0.303. The third kappa shape index (κ3) is 4.30. The van der Waals surface area contributed by atoms with Crippen molar-refractivity contribution in [2.75, 3.05) is 0 Å². The molecule has 3 heterocycles. The monoisotopic (exact) mass is 635 g/mol. The second-order valence-corrected chi connectivity index (χ2v) is 17.1. The molecule has 9 atom stereocenters. The molecule has 1 saturated heterocycles. The van der Waals surface area contributed by atoms with E-state index in [1.165, 1.54) is 25.7 Å². The first kappa shape index (κ1) is 30.2. The van der Waals surface area contributed by atoms with E-state index in [4.69, 9.17) is 4.74 Å². The van der Waals surface area contributed by atoms with Crippen molar-refractivity contribution >= 4 is 11.9 Å². The molecule has 0 radical (unpaired) electrons. The van der Waals surface area contributed by atoms with Crippen LogP contribution < -0.4 is 0 Å². The molecule has 5 nitrogen and oxygen atoms in total. The Morgan fingerprint density at radius 3 is 2.51 bits per heavy atom. The van der Waals surface area contributed by atoms with Gasteiger partial charge in [-0.1, -0.05) is 102 Å². The molecule has 7 aliphatic rings. The van der Waals surface area contributed by atoms with E-state index < -0.39 is 11.1 Å². The Hall–Kier alpha value is -2.92. The number of carbonyl (C=O) groups is 2. The van der Waals surface area contributed by atoms with Gasteiger partial charge < -0.3 is 4.74 Å². The highest BCUT2D eigenvalue weighted by atomic mass is 16.5. The fraction of sp³-hybridized carbons (Fsp3) is 0.619. The maximum absolute atomic E-state index is 15.1. The van der Waals surface area contributed by atoms with Gasteiger partial charge >= 0.3 is 5.97 Å². The first-order valence-corrected chi connectivity index (χ1v) is 18.6. The Labute approximate surface area is 283 Å². The molecular weight excluding hydrogens is 580 g/mol. The lowest BCUT2D eigenvalue weighted by Gasteiger charge is -2.78. The zero-order valence-corrected chi connectivity index (χ0v) is 29.1. The maximum Gasteiger partial charge on any atom is 0.338 e. The molecule has 2 aromatic carbocycles. The van der Waals surface area contributed by atoms with E-state index in [0.29, 0.717) is 36.4 Å². The van der Waals surface area contributed by atoms with Crippen LogP contribution in [0.25, 0.3) is 0 Å². The lowest BCUT2D eigenvalue weighted by atomic mass is 9.39. The van der Waals surface area contributed by atoms with Crippen molar-refractivity contribution in [3.8, 4) is 0 Å². The van der Waals surface area contributed by atoms with Gasteiger partial charge in [-0.15, -0.1) is 0 Å². The first-order valence-electron chi connectivity index (χ1n) is 19.1. The molecule has 250 valence electrons. The van der Waals surface area contributed by atoms with Crippen LogP contribution in [0, 0.1) is 40.4 Å². The minimum atomic E-state index is -0.659. The summed E-state index contributed by atoms with van der Waals surface area (Å²) < 4.78 is 16.4. The van der Waals surface area contributed by atoms with E-state index in [1.807, 2.05) is 48.5 Å². The van der Waals surface area contributed by atoms with Crippen molar-refractivity contribution in [1.82, 2.24) is 10.0 Å². The smallest absolute Gasteiger partial charge is 0.338 e. The summed E-state index contributed by atoms with van der Waals surface area (Å²) in [6.07, 6.45) is 12.6. The molecule has 2 aromatic rings. The molecule has 2 spiro atoms. The van der Waals surface area contributed by atoms with E-state index in [0.717, 1.165) is 49.1 Å². The summed E-state index contributed by atoms with van der Waals surface area (Å²) in [5.41, 5.74) is 1.08. The van der Waals surface area contributed by atoms with Gasteiger partial charge in [-0.25, -0.2) is 9.80 Å². The maximum atomic E-state index is 15.1. The van der Waals surface area contributed by atoms with E-state index in [2.05, 4.69) is 56.8 Å². The quantitative estimate of drug-likeness (QED) is 0.225. The predicted octanol–water partition coefficient (Wildman–Crippen LogP) is 9.24. The van der Waals surface area contributed by atoms with Crippen molar-refractivity contribution in [2.24, 2.45) is 40.4 Å². The molecule has 1 amide bonds. The van der Waals surface area contributed by atoms with Crippen LogP contribution in [-0.2, 0) is 11.3 Å². The number of amides is 1. The van der Waals surface area contributed by atoms with Crippen LogP contribution in [0.3, 0.4) is 0 Å². The third-order valence-corrected chi connectivity index (χ3v) is 14.5. The van der Waals surface area contributed by atoms with Gasteiger partial charge in [0.2, 0.25) is 0 Å². The van der Waals surface area contributed by atoms with Crippen LogP contribution in [0.2, 0.25) is 0 Å². The van der Waals surface area contributed by atoms with E-state index in [-0.39, 0.29) is 40.6 Å². The summed E-state index contributed by atoms with van der Waals surface area (Å²) in [7, 11) is 0. The summed E-state index contributed by atoms with van der Waals surface area (Å²) in [5.74, 6) is 2.17. The predicted molar refractivity (Wildman–Crippen MR) is 185 cm³/mol. The van der Waals surface area contributed by atoms with Crippen molar-refractivity contribution < 1.29 is 15.7 Å². The molecular formula is C42H54N2O3. The average Bonchev–Trinajstić information content (AvgIpc) is 3.43. The Kier molecular flexibility index (Phi) is 7.09. The van der Waals surface area contributed by atoms with Crippen LogP contribution in [0.15, 0.2) is 66.7 Å². The SMILES string of the molecule is [2H]C1=C[C@@]23C[C@@H](OC(=O)c4ccccc4)CC[C@]2(C)C2CC[C@@]4(C)C(CC[C@@H]4[C@H](C)CCCC(C)C)[C@@]12N1C(=O)c2ccccc2CN13. The van der Waals surface area contributed by atoms with Crippen LogP contribution >= 0.6 is 0 Å². The van der Waals surface area contributed by atoms with Gasteiger partial charge in [-0.3, -0.25) is 9.80 Å². The molecule has 2 bridgehead atoms. The van der Waals surface area contributed by atoms with Gasteiger partial charge in [0, 0.05) is 18.5 Å². The second-order valence-electron chi connectivity index (χ2n) is 17.1. The van der Waals surface area contributed by atoms with E-state index >= 15 is 4.79 Å². The standard InChI is InChI=1S/C42H54N2O3/c1-28(2)12-11-13-29(3)34-18-19-35-39(34,4)22-21-36-40(5)23-20-32(47-38(46)30-14-7-6-8-15-30)26-41(40)24-25-42(35,36)44-37(45)33-17-10-9-16-31(33)27-43(41)44/h6-10,14-17,24-25,28-29,32,34-36H,11-13,18-23,26-27H2,1-5H3/t29-,32+,34-,35?,36?,39-,40-,41-,42+/m1/s1/i25D. The highest BCUT2D eigenvalue weighted by Gasteiger charge is 2.77. The number of hydrogen-bond acceptors (Lipinski definition) is 4. The molecule has 4 aliphatic carbocycles. The van der Waals surface area contributed by atoms with Crippen molar-refractivity contribution in [3.63, 3.8) is 0 Å². The van der Waals surface area contributed by atoms with E-state index in [1.54, 1.807) is 0 Å². The Morgan fingerprint density at radius 2 is 1.72 bits per heavy atom. The number of carbonyl (C=O) groups excluding carboxylic acids is 2. The summed E-state index contributed by atoms with van der Waals surface area (Å²) in [6, 6.07) is 18.0. The molecule has 4 fully saturated rings. The van der Waals surface area contributed by atoms with Gasteiger partial charge in [0.15, 0.2) is 0 Å². The average molecular weight is 636 g/mol. The summed E-state index contributed by atoms with van der Waals surface area (Å²) in [5, 5.41) is 4.57. The van der Waals surface area contributed by atoms with Crippen molar-refractivity contribution in [1.29, 1.82) is 0 Å². The molecule has 0 N–H and O–H groups in total. The zero-order chi connectivity index (χ0) is 33.6. The molecule has 3 aliphatic heterocycles. The van der Waals surface area contributed by atoms with Crippen molar-refractivity contribution in [2.45, 2.75) is 123 Å². The van der Waals surface area contributed by atoms with Gasteiger partial charge in [-0.2, -0.15) is 0 Å².